The summed E-state index contributed by atoms with van der Waals surface area (Å²) < 4.78 is 5.00. The predicted molar refractivity (Wildman–Crippen MR) is 102 cm³/mol. The number of nitrogens with one attached hydrogen (secondary N) is 2. The molecule has 7 heteroatoms. The minimum absolute atomic E-state index is 0.00399. The standard InChI is InChI=1S/C20H29N3O4/c1-15(24)23-12-9-16(10-13-23)18(20(26)21-11-6-14-27-2)22-19(25)17-7-4-3-5-8-17/h3-5,7-8,16,18H,6,9-14H2,1-2H3,(H,21,26)(H,22,25)/t18-/m0/s1. The lowest BCUT2D eigenvalue weighted by Crippen LogP contribution is -2.53. The quantitative estimate of drug-likeness (QED) is 0.668. The second kappa shape index (κ2) is 10.7. The van der Waals surface area contributed by atoms with E-state index in [0.29, 0.717) is 51.1 Å². The van der Waals surface area contributed by atoms with E-state index in [2.05, 4.69) is 10.6 Å². The number of carbonyl (C=O) groups excluding carboxylic acids is 3. The van der Waals surface area contributed by atoms with Crippen LogP contribution in [0.1, 0.15) is 36.5 Å². The number of benzene rings is 1. The molecule has 1 aromatic carbocycles. The molecule has 1 aliphatic rings. The summed E-state index contributed by atoms with van der Waals surface area (Å²) in [6, 6.07) is 8.26. The highest BCUT2D eigenvalue weighted by Crippen LogP contribution is 2.21. The van der Waals surface area contributed by atoms with Gasteiger partial charge in [0.25, 0.3) is 5.91 Å². The molecule has 1 aliphatic heterocycles. The molecular formula is C20H29N3O4. The number of rotatable bonds is 8. The topological polar surface area (TPSA) is 87.7 Å². The summed E-state index contributed by atoms with van der Waals surface area (Å²) in [5.74, 6) is -0.406. The van der Waals surface area contributed by atoms with Crippen molar-refractivity contribution in [2.24, 2.45) is 5.92 Å². The van der Waals surface area contributed by atoms with Gasteiger partial charge in [0, 0.05) is 45.8 Å². The van der Waals surface area contributed by atoms with Crippen molar-refractivity contribution in [2.75, 3.05) is 33.4 Å². The zero-order chi connectivity index (χ0) is 19.6. The van der Waals surface area contributed by atoms with Crippen molar-refractivity contribution in [1.29, 1.82) is 0 Å². The Balaban J connectivity index is 2.02. The third-order valence-electron chi connectivity index (χ3n) is 4.89. The van der Waals surface area contributed by atoms with Gasteiger partial charge in [-0.05, 0) is 37.3 Å². The lowest BCUT2D eigenvalue weighted by atomic mass is 9.88. The van der Waals surface area contributed by atoms with Crippen LogP contribution in [0.15, 0.2) is 30.3 Å². The lowest BCUT2D eigenvalue weighted by molar-refractivity contribution is -0.130. The Morgan fingerprint density at radius 3 is 2.44 bits per heavy atom. The van der Waals surface area contributed by atoms with Crippen LogP contribution in [-0.2, 0) is 14.3 Å². The summed E-state index contributed by atoms with van der Waals surface area (Å²) in [6.45, 7) is 3.83. The van der Waals surface area contributed by atoms with Gasteiger partial charge in [0.1, 0.15) is 6.04 Å². The third kappa shape index (κ3) is 6.36. The molecule has 0 spiro atoms. The van der Waals surface area contributed by atoms with Gasteiger partial charge < -0.3 is 20.3 Å². The van der Waals surface area contributed by atoms with E-state index in [1.165, 1.54) is 0 Å². The molecule has 0 bridgehead atoms. The Morgan fingerprint density at radius 1 is 1.19 bits per heavy atom. The van der Waals surface area contributed by atoms with E-state index in [0.717, 1.165) is 0 Å². The minimum Gasteiger partial charge on any atom is -0.385 e. The predicted octanol–water partition coefficient (Wildman–Crippen LogP) is 1.20. The fraction of sp³-hybridized carbons (Fsp3) is 0.550. The molecule has 3 amide bonds. The molecule has 2 rings (SSSR count). The maximum Gasteiger partial charge on any atom is 0.251 e. The largest absolute Gasteiger partial charge is 0.385 e. The average molecular weight is 375 g/mol. The number of hydrogen-bond acceptors (Lipinski definition) is 4. The SMILES string of the molecule is COCCCNC(=O)[C@@H](NC(=O)c1ccccc1)C1CCN(C(C)=O)CC1. The normalized spacial score (nSPS) is 15.9. The Kier molecular flexibility index (Phi) is 8.26. The van der Waals surface area contributed by atoms with Gasteiger partial charge >= 0.3 is 0 Å². The second-order valence-electron chi connectivity index (χ2n) is 6.80. The van der Waals surface area contributed by atoms with Crippen molar-refractivity contribution >= 4 is 17.7 Å². The van der Waals surface area contributed by atoms with Crippen molar-refractivity contribution in [3.63, 3.8) is 0 Å². The molecule has 1 saturated heterocycles. The Bertz CT molecular complexity index is 627. The van der Waals surface area contributed by atoms with Gasteiger partial charge in [0.2, 0.25) is 11.8 Å². The van der Waals surface area contributed by atoms with E-state index in [-0.39, 0.29) is 23.6 Å². The van der Waals surface area contributed by atoms with E-state index < -0.39 is 6.04 Å². The molecule has 1 heterocycles. The summed E-state index contributed by atoms with van der Waals surface area (Å²) in [5, 5.41) is 5.79. The van der Waals surface area contributed by atoms with Crippen LogP contribution < -0.4 is 10.6 Å². The first kappa shape index (κ1) is 20.9. The van der Waals surface area contributed by atoms with Crippen LogP contribution in [0.4, 0.5) is 0 Å². The van der Waals surface area contributed by atoms with Crippen molar-refractivity contribution in [1.82, 2.24) is 15.5 Å². The molecule has 0 aliphatic carbocycles. The van der Waals surface area contributed by atoms with Crippen LogP contribution in [0.25, 0.3) is 0 Å². The van der Waals surface area contributed by atoms with E-state index in [4.69, 9.17) is 4.74 Å². The zero-order valence-corrected chi connectivity index (χ0v) is 16.1. The first-order valence-corrected chi connectivity index (χ1v) is 9.41. The first-order valence-electron chi connectivity index (χ1n) is 9.41. The molecule has 27 heavy (non-hydrogen) atoms. The molecule has 1 aromatic rings. The fourth-order valence-corrected chi connectivity index (χ4v) is 3.30. The van der Waals surface area contributed by atoms with Crippen molar-refractivity contribution < 1.29 is 19.1 Å². The van der Waals surface area contributed by atoms with Gasteiger partial charge in [-0.1, -0.05) is 18.2 Å². The van der Waals surface area contributed by atoms with Crippen LogP contribution in [0, 0.1) is 5.92 Å². The maximum atomic E-state index is 12.7. The summed E-state index contributed by atoms with van der Waals surface area (Å²) in [6.07, 6.45) is 2.08. The molecule has 1 atom stereocenters. The smallest absolute Gasteiger partial charge is 0.251 e. The summed E-state index contributed by atoms with van der Waals surface area (Å²) in [7, 11) is 1.62. The van der Waals surface area contributed by atoms with Gasteiger partial charge in [-0.2, -0.15) is 0 Å². The second-order valence-corrected chi connectivity index (χ2v) is 6.80. The van der Waals surface area contributed by atoms with E-state index in [1.807, 2.05) is 6.07 Å². The summed E-state index contributed by atoms with van der Waals surface area (Å²) in [4.78, 5) is 38.6. The average Bonchev–Trinajstić information content (AvgIpc) is 2.69. The highest BCUT2D eigenvalue weighted by Gasteiger charge is 2.33. The van der Waals surface area contributed by atoms with Gasteiger partial charge in [0.15, 0.2) is 0 Å². The molecular weight excluding hydrogens is 346 g/mol. The number of likely N-dealkylation sites (tertiary alicyclic amines) is 1. The van der Waals surface area contributed by atoms with Gasteiger partial charge in [-0.15, -0.1) is 0 Å². The van der Waals surface area contributed by atoms with Crippen LogP contribution in [0.3, 0.4) is 0 Å². The molecule has 148 valence electrons. The van der Waals surface area contributed by atoms with Gasteiger partial charge in [0.05, 0.1) is 0 Å². The molecule has 0 aromatic heterocycles. The number of piperidine rings is 1. The minimum atomic E-state index is -0.616. The van der Waals surface area contributed by atoms with Crippen molar-refractivity contribution in [3.05, 3.63) is 35.9 Å². The van der Waals surface area contributed by atoms with E-state index in [9.17, 15) is 14.4 Å². The Hall–Kier alpha value is -2.41. The number of carbonyl (C=O) groups is 3. The highest BCUT2D eigenvalue weighted by molar-refractivity contribution is 5.97. The van der Waals surface area contributed by atoms with Crippen LogP contribution in [-0.4, -0.2) is 62.0 Å². The Morgan fingerprint density at radius 2 is 1.85 bits per heavy atom. The monoisotopic (exact) mass is 375 g/mol. The summed E-state index contributed by atoms with van der Waals surface area (Å²) in [5.41, 5.74) is 0.524. The van der Waals surface area contributed by atoms with E-state index >= 15 is 0 Å². The van der Waals surface area contributed by atoms with Gasteiger partial charge in [-0.25, -0.2) is 0 Å². The van der Waals surface area contributed by atoms with E-state index in [1.54, 1.807) is 43.2 Å². The molecule has 0 saturated carbocycles. The lowest BCUT2D eigenvalue weighted by Gasteiger charge is -2.35. The number of nitrogens with zero attached hydrogens (tertiary/aromatic N) is 1. The zero-order valence-electron chi connectivity index (χ0n) is 16.1. The Labute approximate surface area is 160 Å². The molecule has 0 unspecified atom stereocenters. The third-order valence-corrected chi connectivity index (χ3v) is 4.89. The molecule has 2 N–H and O–H groups in total. The first-order chi connectivity index (χ1) is 13.0. The highest BCUT2D eigenvalue weighted by atomic mass is 16.5. The number of methoxy groups -OCH3 is 1. The molecule has 1 fully saturated rings. The van der Waals surface area contributed by atoms with Crippen LogP contribution in [0.5, 0.6) is 0 Å². The number of amides is 3. The summed E-state index contributed by atoms with van der Waals surface area (Å²) >= 11 is 0. The molecule has 0 radical (unpaired) electrons. The van der Waals surface area contributed by atoms with Crippen molar-refractivity contribution in [2.45, 2.75) is 32.2 Å². The molecule has 7 nitrogen and oxygen atoms in total. The maximum absolute atomic E-state index is 12.7. The van der Waals surface area contributed by atoms with Crippen molar-refractivity contribution in [3.8, 4) is 0 Å². The number of hydrogen-bond donors (Lipinski definition) is 2. The fourth-order valence-electron chi connectivity index (χ4n) is 3.30. The number of ether oxygens (including phenoxy) is 1. The van der Waals surface area contributed by atoms with Gasteiger partial charge in [-0.3, -0.25) is 14.4 Å². The van der Waals surface area contributed by atoms with Crippen LogP contribution in [0.2, 0.25) is 0 Å². The van der Waals surface area contributed by atoms with Crippen LogP contribution >= 0.6 is 0 Å².